The van der Waals surface area contributed by atoms with Crippen molar-refractivity contribution in [2.24, 2.45) is 10.8 Å². The van der Waals surface area contributed by atoms with E-state index in [4.69, 9.17) is 0 Å². The van der Waals surface area contributed by atoms with Crippen molar-refractivity contribution in [3.05, 3.63) is 0 Å². The molecule has 2 rings (SSSR count). The smallest absolute Gasteiger partial charge is 0.320 e. The fraction of sp³-hybridized carbons (Fsp3) is 0.875. The predicted molar refractivity (Wildman–Crippen MR) is 81.2 cm³/mol. The summed E-state index contributed by atoms with van der Waals surface area (Å²) in [6.45, 7) is 9.01. The summed E-state index contributed by atoms with van der Waals surface area (Å²) in [6.07, 6.45) is 4.42. The summed E-state index contributed by atoms with van der Waals surface area (Å²) < 4.78 is 0. The van der Waals surface area contributed by atoms with Crippen LogP contribution in [0.3, 0.4) is 0 Å². The van der Waals surface area contributed by atoms with Crippen molar-refractivity contribution in [1.82, 2.24) is 9.80 Å². The average molecular weight is 296 g/mol. The van der Waals surface area contributed by atoms with E-state index in [0.29, 0.717) is 31.3 Å². The number of rotatable bonds is 3. The van der Waals surface area contributed by atoms with Crippen molar-refractivity contribution in [1.29, 1.82) is 0 Å². The minimum atomic E-state index is -0.744. The quantitative estimate of drug-likeness (QED) is 0.871. The summed E-state index contributed by atoms with van der Waals surface area (Å²) >= 11 is 0. The number of piperidine rings is 1. The van der Waals surface area contributed by atoms with Crippen LogP contribution in [0.4, 0.5) is 4.79 Å². The van der Waals surface area contributed by atoms with Gasteiger partial charge in [-0.3, -0.25) is 4.79 Å². The molecule has 0 bridgehead atoms. The Kier molecular flexibility index (Phi) is 4.49. The zero-order valence-electron chi connectivity index (χ0n) is 13.5. The van der Waals surface area contributed by atoms with Gasteiger partial charge < -0.3 is 14.9 Å². The zero-order valence-corrected chi connectivity index (χ0v) is 13.5. The molecule has 2 heterocycles. The molecule has 2 aliphatic heterocycles. The largest absolute Gasteiger partial charge is 0.481 e. The fourth-order valence-electron chi connectivity index (χ4n) is 3.53. The molecule has 5 nitrogen and oxygen atoms in total. The minimum absolute atomic E-state index is 0.103. The molecule has 21 heavy (non-hydrogen) atoms. The normalized spacial score (nSPS) is 24.1. The van der Waals surface area contributed by atoms with Crippen LogP contribution < -0.4 is 0 Å². The predicted octanol–water partition coefficient (Wildman–Crippen LogP) is 2.81. The maximum atomic E-state index is 12.6. The Bertz CT molecular complexity index is 410. The molecule has 0 unspecified atom stereocenters. The number of aliphatic carboxylic acids is 1. The van der Waals surface area contributed by atoms with Crippen LogP contribution in [0, 0.1) is 10.8 Å². The maximum absolute atomic E-state index is 12.6. The van der Waals surface area contributed by atoms with Gasteiger partial charge in [-0.25, -0.2) is 4.79 Å². The molecule has 2 saturated heterocycles. The maximum Gasteiger partial charge on any atom is 0.320 e. The first kappa shape index (κ1) is 16.1. The summed E-state index contributed by atoms with van der Waals surface area (Å²) in [5.74, 6) is -0.744. The van der Waals surface area contributed by atoms with Crippen LogP contribution in [0.25, 0.3) is 0 Å². The van der Waals surface area contributed by atoms with Gasteiger partial charge in [0.15, 0.2) is 0 Å². The zero-order chi connectivity index (χ0) is 15.7. The highest BCUT2D eigenvalue weighted by Crippen LogP contribution is 2.38. The van der Waals surface area contributed by atoms with E-state index in [-0.39, 0.29) is 6.03 Å². The van der Waals surface area contributed by atoms with E-state index in [1.54, 1.807) is 6.92 Å². The van der Waals surface area contributed by atoms with Crippen molar-refractivity contribution in [2.45, 2.75) is 52.9 Å². The highest BCUT2D eigenvalue weighted by Gasteiger charge is 2.42. The van der Waals surface area contributed by atoms with Crippen molar-refractivity contribution in [2.75, 3.05) is 26.2 Å². The van der Waals surface area contributed by atoms with Crippen LogP contribution in [0.5, 0.6) is 0 Å². The number of carbonyl (C=O) groups excluding carboxylic acids is 1. The van der Waals surface area contributed by atoms with Crippen LogP contribution in [0.1, 0.15) is 52.9 Å². The molecule has 2 aliphatic rings. The van der Waals surface area contributed by atoms with E-state index >= 15 is 0 Å². The molecular weight excluding hydrogens is 268 g/mol. The summed E-state index contributed by atoms with van der Waals surface area (Å²) in [4.78, 5) is 27.7. The molecule has 0 aromatic rings. The Hall–Kier alpha value is -1.26. The first-order chi connectivity index (χ1) is 9.86. The van der Waals surface area contributed by atoms with Crippen LogP contribution in [0.15, 0.2) is 0 Å². The van der Waals surface area contributed by atoms with E-state index in [1.807, 2.05) is 9.80 Å². The Balaban J connectivity index is 1.93. The Morgan fingerprint density at radius 2 is 1.52 bits per heavy atom. The first-order valence-electron chi connectivity index (χ1n) is 8.13. The van der Waals surface area contributed by atoms with E-state index in [2.05, 4.69) is 13.8 Å². The summed E-state index contributed by atoms with van der Waals surface area (Å²) in [5, 5.41) is 9.25. The van der Waals surface area contributed by atoms with Gasteiger partial charge in [0.05, 0.1) is 5.41 Å². The molecule has 0 atom stereocenters. The lowest BCUT2D eigenvalue weighted by Gasteiger charge is -2.38. The molecule has 0 aliphatic carbocycles. The topological polar surface area (TPSA) is 60.9 Å². The number of carboxylic acids is 1. The Morgan fingerprint density at radius 3 is 1.95 bits per heavy atom. The minimum Gasteiger partial charge on any atom is -0.481 e. The lowest BCUT2D eigenvalue weighted by molar-refractivity contribution is -0.150. The third-order valence-corrected chi connectivity index (χ3v) is 5.86. The van der Waals surface area contributed by atoms with Crippen molar-refractivity contribution in [3.8, 4) is 0 Å². The third kappa shape index (κ3) is 3.01. The number of hydrogen-bond acceptors (Lipinski definition) is 2. The molecule has 0 radical (unpaired) electrons. The summed E-state index contributed by atoms with van der Waals surface area (Å²) in [5.41, 5.74) is -0.376. The molecule has 0 spiro atoms. The summed E-state index contributed by atoms with van der Waals surface area (Å²) in [7, 11) is 0. The average Bonchev–Trinajstić information content (AvgIpc) is 2.92. The number of urea groups is 1. The van der Waals surface area contributed by atoms with Crippen LogP contribution in [0.2, 0.25) is 0 Å². The van der Waals surface area contributed by atoms with Gasteiger partial charge in [-0.1, -0.05) is 13.8 Å². The Morgan fingerprint density at radius 1 is 1.00 bits per heavy atom. The monoisotopic (exact) mass is 296 g/mol. The number of nitrogens with zero attached hydrogens (tertiary/aromatic N) is 2. The number of likely N-dealkylation sites (tertiary alicyclic amines) is 2. The molecule has 2 fully saturated rings. The molecule has 1 N–H and O–H groups in total. The highest BCUT2D eigenvalue weighted by molar-refractivity contribution is 5.77. The molecule has 0 aromatic heterocycles. The molecule has 120 valence electrons. The second kappa shape index (κ2) is 5.85. The lowest BCUT2D eigenvalue weighted by Crippen LogP contribution is -2.49. The van der Waals surface area contributed by atoms with Gasteiger partial charge in [-0.05, 0) is 44.4 Å². The van der Waals surface area contributed by atoms with Crippen LogP contribution in [-0.4, -0.2) is 53.1 Å². The lowest BCUT2D eigenvalue weighted by atomic mass is 9.80. The third-order valence-electron chi connectivity index (χ3n) is 5.86. The van der Waals surface area contributed by atoms with Crippen molar-refractivity contribution < 1.29 is 14.7 Å². The van der Waals surface area contributed by atoms with Crippen LogP contribution >= 0.6 is 0 Å². The van der Waals surface area contributed by atoms with E-state index in [1.165, 1.54) is 0 Å². The standard InChI is InChI=1S/C16H28N2O3/c1-4-16(5-2)8-11-18(12-16)14(21)17-9-6-15(3,7-10-17)13(19)20/h4-12H2,1-3H3,(H,19,20). The summed E-state index contributed by atoms with van der Waals surface area (Å²) in [6, 6.07) is 0.103. The van der Waals surface area contributed by atoms with Gasteiger partial charge in [0, 0.05) is 26.2 Å². The molecular formula is C16H28N2O3. The van der Waals surface area contributed by atoms with Crippen molar-refractivity contribution in [3.63, 3.8) is 0 Å². The van der Waals surface area contributed by atoms with Gasteiger partial charge >= 0.3 is 12.0 Å². The highest BCUT2D eigenvalue weighted by atomic mass is 16.4. The fourth-order valence-corrected chi connectivity index (χ4v) is 3.53. The van der Waals surface area contributed by atoms with Crippen molar-refractivity contribution >= 4 is 12.0 Å². The van der Waals surface area contributed by atoms with Gasteiger partial charge in [-0.15, -0.1) is 0 Å². The van der Waals surface area contributed by atoms with Crippen LogP contribution in [-0.2, 0) is 4.79 Å². The van der Waals surface area contributed by atoms with Gasteiger partial charge in [0.2, 0.25) is 0 Å². The van der Waals surface area contributed by atoms with E-state index in [9.17, 15) is 14.7 Å². The molecule has 2 amide bonds. The van der Waals surface area contributed by atoms with Gasteiger partial charge in [-0.2, -0.15) is 0 Å². The molecule has 0 saturated carbocycles. The van der Waals surface area contributed by atoms with Gasteiger partial charge in [0.25, 0.3) is 0 Å². The number of carboxylic acid groups (broad SMARTS) is 1. The number of amides is 2. The second-order valence-corrected chi connectivity index (χ2v) is 7.01. The number of carbonyl (C=O) groups is 2. The van der Waals surface area contributed by atoms with E-state index in [0.717, 1.165) is 32.4 Å². The van der Waals surface area contributed by atoms with E-state index < -0.39 is 11.4 Å². The van der Waals surface area contributed by atoms with Gasteiger partial charge in [0.1, 0.15) is 0 Å². The molecule has 0 aromatic carbocycles. The second-order valence-electron chi connectivity index (χ2n) is 7.01. The molecule has 5 heteroatoms. The SMILES string of the molecule is CCC1(CC)CCN(C(=O)N2CCC(C)(C(=O)O)CC2)C1. The Labute approximate surface area is 127 Å². The first-order valence-corrected chi connectivity index (χ1v) is 8.13. The number of hydrogen-bond donors (Lipinski definition) is 1.